The first-order valence-electron chi connectivity index (χ1n) is 6.24. The molecule has 1 aliphatic rings. The second-order valence-corrected chi connectivity index (χ2v) is 7.96. The topological polar surface area (TPSA) is 87.2 Å². The largest absolute Gasteiger partial charge is 0.327 e. The maximum atomic E-state index is 12.5. The summed E-state index contributed by atoms with van der Waals surface area (Å²) in [4.78, 5) is 0.416. The van der Waals surface area contributed by atoms with Crippen molar-refractivity contribution in [3.05, 3.63) is 17.0 Å². The van der Waals surface area contributed by atoms with Gasteiger partial charge in [0.2, 0.25) is 0 Å². The summed E-state index contributed by atoms with van der Waals surface area (Å²) in [5.41, 5.74) is 6.00. The molecule has 1 aromatic heterocycles. The van der Waals surface area contributed by atoms with Gasteiger partial charge in [0.25, 0.3) is 10.0 Å². The summed E-state index contributed by atoms with van der Waals surface area (Å²) in [6, 6.07) is 5.10. The average molecular weight is 299 g/mol. The summed E-state index contributed by atoms with van der Waals surface area (Å²) in [5.74, 6) is 0.207. The molecule has 1 saturated heterocycles. The zero-order valence-electron chi connectivity index (χ0n) is 10.7. The molecule has 0 aliphatic carbocycles. The standard InChI is InChI=1S/C12H17N3O2S2/c1-2-9-8-15(6-5-11(9)14)19(16,17)12-4-3-10(7-13)18-12/h3-4,9,11H,2,5-6,8,14H2,1H3. The van der Waals surface area contributed by atoms with Gasteiger partial charge in [0.05, 0.1) is 0 Å². The number of nitriles is 1. The molecule has 0 saturated carbocycles. The lowest BCUT2D eigenvalue weighted by molar-refractivity contribution is 0.231. The Morgan fingerprint density at radius 1 is 1.58 bits per heavy atom. The second kappa shape index (κ2) is 5.59. The van der Waals surface area contributed by atoms with Crippen molar-refractivity contribution < 1.29 is 8.42 Å². The lowest BCUT2D eigenvalue weighted by Gasteiger charge is -2.35. The fraction of sp³-hybridized carbons (Fsp3) is 0.583. The van der Waals surface area contributed by atoms with Gasteiger partial charge in [-0.2, -0.15) is 9.57 Å². The highest BCUT2D eigenvalue weighted by molar-refractivity contribution is 7.91. The summed E-state index contributed by atoms with van der Waals surface area (Å²) in [6.07, 6.45) is 1.56. The zero-order chi connectivity index (χ0) is 14.0. The van der Waals surface area contributed by atoms with E-state index in [9.17, 15) is 8.42 Å². The summed E-state index contributed by atoms with van der Waals surface area (Å²) < 4.78 is 26.7. The quantitative estimate of drug-likeness (QED) is 0.913. The van der Waals surface area contributed by atoms with Crippen molar-refractivity contribution in [2.45, 2.75) is 30.0 Å². The van der Waals surface area contributed by atoms with Crippen molar-refractivity contribution in [1.82, 2.24) is 4.31 Å². The van der Waals surface area contributed by atoms with Crippen molar-refractivity contribution in [2.24, 2.45) is 11.7 Å². The number of hydrogen-bond donors (Lipinski definition) is 1. The van der Waals surface area contributed by atoms with Crippen LogP contribution in [-0.4, -0.2) is 31.9 Å². The average Bonchev–Trinajstić information content (AvgIpc) is 2.88. The summed E-state index contributed by atoms with van der Waals surface area (Å²) in [7, 11) is -3.47. The van der Waals surface area contributed by atoms with Crippen molar-refractivity contribution in [3.63, 3.8) is 0 Å². The number of piperidine rings is 1. The van der Waals surface area contributed by atoms with E-state index in [2.05, 4.69) is 0 Å². The van der Waals surface area contributed by atoms with Gasteiger partial charge in [-0.15, -0.1) is 11.3 Å². The van der Waals surface area contributed by atoms with Crippen LogP contribution < -0.4 is 5.73 Å². The predicted molar refractivity (Wildman–Crippen MR) is 74.2 cm³/mol. The molecule has 5 nitrogen and oxygen atoms in total. The van der Waals surface area contributed by atoms with Crippen molar-refractivity contribution in [1.29, 1.82) is 5.26 Å². The first kappa shape index (κ1) is 14.5. The highest BCUT2D eigenvalue weighted by Gasteiger charge is 2.33. The van der Waals surface area contributed by atoms with E-state index in [0.29, 0.717) is 24.4 Å². The molecule has 0 amide bonds. The van der Waals surface area contributed by atoms with E-state index in [0.717, 1.165) is 17.8 Å². The van der Waals surface area contributed by atoms with E-state index >= 15 is 0 Å². The smallest absolute Gasteiger partial charge is 0.252 e. The number of sulfonamides is 1. The fourth-order valence-electron chi connectivity index (χ4n) is 2.31. The highest BCUT2D eigenvalue weighted by Crippen LogP contribution is 2.28. The molecular formula is C12H17N3O2S2. The van der Waals surface area contributed by atoms with E-state index in [1.807, 2.05) is 13.0 Å². The third kappa shape index (κ3) is 2.82. The molecule has 2 atom stereocenters. The molecule has 104 valence electrons. The van der Waals surface area contributed by atoms with Crippen LogP contribution in [0.2, 0.25) is 0 Å². The van der Waals surface area contributed by atoms with E-state index in [1.54, 1.807) is 6.07 Å². The van der Waals surface area contributed by atoms with E-state index in [1.165, 1.54) is 10.4 Å². The van der Waals surface area contributed by atoms with Crippen molar-refractivity contribution in [2.75, 3.05) is 13.1 Å². The van der Waals surface area contributed by atoms with Crippen LogP contribution in [-0.2, 0) is 10.0 Å². The fourth-order valence-corrected chi connectivity index (χ4v) is 5.08. The van der Waals surface area contributed by atoms with E-state index in [4.69, 9.17) is 11.0 Å². The molecule has 2 unspecified atom stereocenters. The number of rotatable bonds is 3. The maximum absolute atomic E-state index is 12.5. The number of nitrogens with two attached hydrogens (primary N) is 1. The van der Waals surface area contributed by atoms with E-state index in [-0.39, 0.29) is 16.2 Å². The molecular weight excluding hydrogens is 282 g/mol. The van der Waals surface area contributed by atoms with Crippen LogP contribution in [0.25, 0.3) is 0 Å². The van der Waals surface area contributed by atoms with Gasteiger partial charge in [-0.05, 0) is 24.5 Å². The molecule has 0 spiro atoms. The minimum atomic E-state index is -3.47. The Balaban J connectivity index is 2.23. The van der Waals surface area contributed by atoms with Crippen molar-refractivity contribution in [3.8, 4) is 6.07 Å². The second-order valence-electron chi connectivity index (χ2n) is 4.71. The lowest BCUT2D eigenvalue weighted by atomic mass is 9.92. The molecule has 1 aliphatic heterocycles. The summed E-state index contributed by atoms with van der Waals surface area (Å²) in [6.45, 7) is 2.96. The van der Waals surface area contributed by atoms with Crippen LogP contribution >= 0.6 is 11.3 Å². The Morgan fingerprint density at radius 3 is 2.89 bits per heavy atom. The van der Waals surface area contributed by atoms with E-state index < -0.39 is 10.0 Å². The molecule has 0 bridgehead atoms. The Kier molecular flexibility index (Phi) is 4.26. The Hall–Kier alpha value is -0.940. The van der Waals surface area contributed by atoms with Gasteiger partial charge in [-0.25, -0.2) is 8.42 Å². The molecule has 1 aromatic rings. The number of thiophene rings is 1. The van der Waals surface area contributed by atoms with Gasteiger partial charge in [0, 0.05) is 19.1 Å². The normalized spacial score (nSPS) is 25.1. The van der Waals surface area contributed by atoms with Gasteiger partial charge >= 0.3 is 0 Å². The summed E-state index contributed by atoms with van der Waals surface area (Å²) >= 11 is 1.02. The Bertz CT molecular complexity index is 588. The lowest BCUT2D eigenvalue weighted by Crippen LogP contribution is -2.48. The zero-order valence-corrected chi connectivity index (χ0v) is 12.4. The first-order chi connectivity index (χ1) is 8.98. The first-order valence-corrected chi connectivity index (χ1v) is 8.50. The monoisotopic (exact) mass is 299 g/mol. The molecule has 2 heterocycles. The van der Waals surface area contributed by atoms with Crippen molar-refractivity contribution >= 4 is 21.4 Å². The number of nitrogens with zero attached hydrogens (tertiary/aromatic N) is 2. The molecule has 0 aromatic carbocycles. The van der Waals surface area contributed by atoms with Gasteiger partial charge in [-0.1, -0.05) is 13.3 Å². The molecule has 7 heteroatoms. The summed E-state index contributed by atoms with van der Waals surface area (Å²) in [5, 5.41) is 8.78. The van der Waals surface area contributed by atoms with Gasteiger partial charge in [0.15, 0.2) is 0 Å². The van der Waals surface area contributed by atoms with Crippen LogP contribution in [0.3, 0.4) is 0 Å². The molecule has 2 N–H and O–H groups in total. The molecule has 19 heavy (non-hydrogen) atoms. The van der Waals surface area contributed by atoms with Crippen LogP contribution in [0.4, 0.5) is 0 Å². The van der Waals surface area contributed by atoms with Crippen LogP contribution in [0.1, 0.15) is 24.6 Å². The van der Waals surface area contributed by atoms with Crippen LogP contribution in [0, 0.1) is 17.2 Å². The third-order valence-corrected chi connectivity index (χ3v) is 6.89. The minimum Gasteiger partial charge on any atom is -0.327 e. The minimum absolute atomic E-state index is 0.0782. The van der Waals surface area contributed by atoms with Gasteiger partial charge in [-0.3, -0.25) is 0 Å². The molecule has 2 rings (SSSR count). The number of hydrogen-bond acceptors (Lipinski definition) is 5. The van der Waals surface area contributed by atoms with Crippen LogP contribution in [0.5, 0.6) is 0 Å². The van der Waals surface area contributed by atoms with Crippen LogP contribution in [0.15, 0.2) is 16.3 Å². The Morgan fingerprint density at radius 2 is 2.32 bits per heavy atom. The van der Waals surface area contributed by atoms with Gasteiger partial charge in [0.1, 0.15) is 15.2 Å². The highest BCUT2D eigenvalue weighted by atomic mass is 32.2. The molecule has 1 fully saturated rings. The third-order valence-electron chi connectivity index (χ3n) is 3.57. The Labute approximate surface area is 117 Å². The van der Waals surface area contributed by atoms with Gasteiger partial charge < -0.3 is 5.73 Å². The predicted octanol–water partition coefficient (Wildman–Crippen LogP) is 1.37. The SMILES string of the molecule is CCC1CN(S(=O)(=O)c2ccc(C#N)s2)CCC1N. The molecule has 0 radical (unpaired) electrons. The maximum Gasteiger partial charge on any atom is 0.252 e.